The summed E-state index contributed by atoms with van der Waals surface area (Å²) < 4.78 is 12.4. The number of carbonyl (C=O) groups excluding carboxylic acids is 2. The van der Waals surface area contributed by atoms with Crippen molar-refractivity contribution in [1.82, 2.24) is 14.8 Å². The van der Waals surface area contributed by atoms with E-state index in [1.165, 1.54) is 10.9 Å². The first-order valence-electron chi connectivity index (χ1n) is 11.5. The third-order valence-corrected chi connectivity index (χ3v) is 5.30. The number of hydrogen-bond donors (Lipinski definition) is 1. The monoisotopic (exact) mass is 472 g/mol. The molecule has 2 heterocycles. The topological polar surface area (TPSA) is 95.3 Å². The molecule has 0 saturated carbocycles. The van der Waals surface area contributed by atoms with Gasteiger partial charge in [-0.25, -0.2) is 9.78 Å². The van der Waals surface area contributed by atoms with Gasteiger partial charge < -0.3 is 14.8 Å². The first kappa shape index (κ1) is 23.9. The predicted molar refractivity (Wildman–Crippen MR) is 134 cm³/mol. The van der Waals surface area contributed by atoms with Gasteiger partial charge in [-0.05, 0) is 55.7 Å². The minimum Gasteiger partial charge on any atom is -0.493 e. The summed E-state index contributed by atoms with van der Waals surface area (Å²) in [5, 5.41) is 8.21. The smallest absolute Gasteiger partial charge is 0.343 e. The number of aromatic nitrogens is 3. The van der Waals surface area contributed by atoms with Crippen molar-refractivity contribution in [3.05, 3.63) is 77.5 Å². The number of aryl methyl sites for hydroxylation is 1. The van der Waals surface area contributed by atoms with E-state index in [1.54, 1.807) is 31.2 Å². The number of nitrogens with one attached hydrogen (secondary N) is 1. The Morgan fingerprint density at radius 1 is 1.09 bits per heavy atom. The van der Waals surface area contributed by atoms with E-state index >= 15 is 0 Å². The van der Waals surface area contributed by atoms with Crippen LogP contribution in [-0.4, -0.2) is 39.9 Å². The molecule has 0 atom stereocenters. The van der Waals surface area contributed by atoms with Gasteiger partial charge in [0, 0.05) is 10.9 Å². The third kappa shape index (κ3) is 5.32. The van der Waals surface area contributed by atoms with Crippen LogP contribution in [0.15, 0.2) is 60.8 Å². The summed E-state index contributed by atoms with van der Waals surface area (Å²) in [6, 6.07) is 16.5. The first-order chi connectivity index (χ1) is 16.9. The average molecular weight is 473 g/mol. The molecule has 0 bridgehead atoms. The molecule has 0 spiro atoms. The molecule has 0 radical (unpaired) electrons. The van der Waals surface area contributed by atoms with Gasteiger partial charge in [-0.2, -0.15) is 9.78 Å². The van der Waals surface area contributed by atoms with E-state index in [2.05, 4.69) is 24.3 Å². The van der Waals surface area contributed by atoms with E-state index in [1.807, 2.05) is 37.3 Å². The van der Waals surface area contributed by atoms with Crippen LogP contribution in [0.2, 0.25) is 0 Å². The lowest BCUT2D eigenvalue weighted by molar-refractivity contribution is 0.0527. The molecular formula is C27H28N4O4. The van der Waals surface area contributed by atoms with Gasteiger partial charge in [-0.3, -0.25) is 4.79 Å². The summed E-state index contributed by atoms with van der Waals surface area (Å²) in [6.45, 7) is 8.54. The number of pyridine rings is 1. The number of carbonyl (C=O) groups is 2. The van der Waals surface area contributed by atoms with Crippen molar-refractivity contribution in [2.45, 2.75) is 27.7 Å². The lowest BCUT2D eigenvalue weighted by Crippen LogP contribution is -2.18. The van der Waals surface area contributed by atoms with Crippen LogP contribution < -0.4 is 10.1 Å². The molecule has 4 rings (SSSR count). The minimum absolute atomic E-state index is 0.139. The normalized spacial score (nSPS) is 11.0. The summed E-state index contributed by atoms with van der Waals surface area (Å²) >= 11 is 0. The highest BCUT2D eigenvalue weighted by atomic mass is 16.5. The van der Waals surface area contributed by atoms with Gasteiger partial charge in [-0.1, -0.05) is 38.1 Å². The molecule has 0 fully saturated rings. The Kier molecular flexibility index (Phi) is 7.10. The molecule has 0 unspecified atom stereocenters. The fraction of sp³-hybridized carbons (Fsp3) is 0.259. The van der Waals surface area contributed by atoms with Gasteiger partial charge in [0.1, 0.15) is 11.3 Å². The summed E-state index contributed by atoms with van der Waals surface area (Å²) in [4.78, 5) is 30.6. The molecule has 35 heavy (non-hydrogen) atoms. The Balaban J connectivity index is 1.72. The molecular weight excluding hydrogens is 444 g/mol. The molecule has 0 saturated heterocycles. The predicted octanol–water partition coefficient (Wildman–Crippen LogP) is 5.19. The van der Waals surface area contributed by atoms with Crippen molar-refractivity contribution < 1.29 is 19.1 Å². The number of ether oxygens (including phenoxy) is 2. The minimum atomic E-state index is -0.583. The summed E-state index contributed by atoms with van der Waals surface area (Å²) in [5.41, 5.74) is 2.30. The lowest BCUT2D eigenvalue weighted by atomic mass is 10.1. The molecule has 8 heteroatoms. The second kappa shape index (κ2) is 10.4. The Morgan fingerprint density at radius 2 is 1.89 bits per heavy atom. The van der Waals surface area contributed by atoms with Gasteiger partial charge in [-0.15, -0.1) is 0 Å². The van der Waals surface area contributed by atoms with Crippen LogP contribution in [0, 0.1) is 12.8 Å². The van der Waals surface area contributed by atoms with E-state index in [0.717, 1.165) is 16.5 Å². The number of nitrogens with zero attached hydrogens (tertiary/aromatic N) is 3. The zero-order valence-electron chi connectivity index (χ0n) is 20.2. The van der Waals surface area contributed by atoms with E-state index in [4.69, 9.17) is 14.5 Å². The number of fused-ring (bicyclic) bond motifs is 1. The maximum absolute atomic E-state index is 13.2. The fourth-order valence-electron chi connectivity index (χ4n) is 3.61. The Morgan fingerprint density at radius 3 is 2.66 bits per heavy atom. The van der Waals surface area contributed by atoms with Crippen LogP contribution in [-0.2, 0) is 4.74 Å². The molecule has 2 aromatic heterocycles. The largest absolute Gasteiger partial charge is 0.493 e. The third-order valence-electron chi connectivity index (χ3n) is 5.30. The Labute approximate surface area is 203 Å². The Bertz CT molecular complexity index is 1380. The van der Waals surface area contributed by atoms with Crippen LogP contribution in [0.5, 0.6) is 5.75 Å². The van der Waals surface area contributed by atoms with Crippen LogP contribution in [0.1, 0.15) is 47.1 Å². The van der Waals surface area contributed by atoms with Crippen molar-refractivity contribution in [2.75, 3.05) is 18.5 Å². The number of amides is 1. The van der Waals surface area contributed by atoms with Gasteiger partial charge in [0.15, 0.2) is 11.6 Å². The van der Waals surface area contributed by atoms with Gasteiger partial charge >= 0.3 is 5.97 Å². The van der Waals surface area contributed by atoms with Crippen LogP contribution in [0.4, 0.5) is 5.82 Å². The van der Waals surface area contributed by atoms with Gasteiger partial charge in [0.05, 0.1) is 24.9 Å². The number of hydrogen-bond acceptors (Lipinski definition) is 6. The molecule has 1 amide bonds. The van der Waals surface area contributed by atoms with Gasteiger partial charge in [0.25, 0.3) is 5.91 Å². The lowest BCUT2D eigenvalue weighted by Gasteiger charge is -2.13. The van der Waals surface area contributed by atoms with Gasteiger partial charge in [0.2, 0.25) is 0 Å². The standard InChI is InChI=1S/C27H28N4O4/c1-5-34-27(33)22-15-28-31(24-13-18(4)21-11-6-7-12-23(21)29-24)25(22)30-26(32)19-9-8-10-20(14-19)35-16-17(2)3/h6-15,17H,5,16H2,1-4H3,(H,30,32). The van der Waals surface area contributed by atoms with E-state index < -0.39 is 11.9 Å². The van der Waals surface area contributed by atoms with E-state index in [9.17, 15) is 9.59 Å². The summed E-state index contributed by atoms with van der Waals surface area (Å²) in [5.74, 6) is 0.611. The number of rotatable bonds is 8. The highest BCUT2D eigenvalue weighted by molar-refractivity contribution is 6.07. The highest BCUT2D eigenvalue weighted by Crippen LogP contribution is 2.25. The number of anilines is 1. The fourth-order valence-corrected chi connectivity index (χ4v) is 3.61. The molecule has 0 aliphatic heterocycles. The molecule has 2 aromatic carbocycles. The maximum atomic E-state index is 13.2. The highest BCUT2D eigenvalue weighted by Gasteiger charge is 2.23. The second-order valence-electron chi connectivity index (χ2n) is 8.54. The first-order valence-corrected chi connectivity index (χ1v) is 11.5. The molecule has 0 aliphatic rings. The molecule has 8 nitrogen and oxygen atoms in total. The SMILES string of the molecule is CCOC(=O)c1cnn(-c2cc(C)c3ccccc3n2)c1NC(=O)c1cccc(OCC(C)C)c1. The number of esters is 1. The van der Waals surface area contributed by atoms with Crippen LogP contribution in [0.3, 0.4) is 0 Å². The van der Waals surface area contributed by atoms with Crippen molar-refractivity contribution in [2.24, 2.45) is 5.92 Å². The van der Waals surface area contributed by atoms with Crippen molar-refractivity contribution in [3.63, 3.8) is 0 Å². The van der Waals surface area contributed by atoms with Crippen molar-refractivity contribution in [1.29, 1.82) is 0 Å². The molecule has 4 aromatic rings. The number of para-hydroxylation sites is 1. The van der Waals surface area contributed by atoms with E-state index in [-0.39, 0.29) is 18.0 Å². The Hall–Kier alpha value is -4.20. The maximum Gasteiger partial charge on any atom is 0.343 e. The average Bonchev–Trinajstić information content (AvgIpc) is 3.26. The summed E-state index contributed by atoms with van der Waals surface area (Å²) in [6.07, 6.45) is 1.38. The van der Waals surface area contributed by atoms with Crippen LogP contribution in [0.25, 0.3) is 16.7 Å². The summed E-state index contributed by atoms with van der Waals surface area (Å²) in [7, 11) is 0. The molecule has 180 valence electrons. The zero-order valence-corrected chi connectivity index (χ0v) is 20.2. The van der Waals surface area contributed by atoms with Crippen molar-refractivity contribution in [3.8, 4) is 11.6 Å². The van der Waals surface area contributed by atoms with Crippen LogP contribution >= 0.6 is 0 Å². The second-order valence-corrected chi connectivity index (χ2v) is 8.54. The zero-order chi connectivity index (χ0) is 24.9. The quantitative estimate of drug-likeness (QED) is 0.355. The number of benzene rings is 2. The molecule has 1 N–H and O–H groups in total. The van der Waals surface area contributed by atoms with E-state index in [0.29, 0.717) is 29.7 Å². The molecule has 0 aliphatic carbocycles. The van der Waals surface area contributed by atoms with Crippen molar-refractivity contribution >= 4 is 28.6 Å².